The first-order valence-corrected chi connectivity index (χ1v) is 10.6. The predicted molar refractivity (Wildman–Crippen MR) is 117 cm³/mol. The zero-order chi connectivity index (χ0) is 23.2. The molecule has 0 bridgehead atoms. The molecule has 172 valence electrons. The molecule has 1 atom stereocenters. The number of benzene rings is 2. The smallest absolute Gasteiger partial charge is 0.336 e. The first-order chi connectivity index (χ1) is 16.0. The summed E-state index contributed by atoms with van der Waals surface area (Å²) in [6.45, 7) is 2.89. The molecule has 0 saturated carbocycles. The lowest BCUT2D eigenvalue weighted by Crippen LogP contribution is -2.16. The van der Waals surface area contributed by atoms with Crippen molar-refractivity contribution >= 4 is 11.0 Å². The zero-order valence-corrected chi connectivity index (χ0v) is 18.0. The van der Waals surface area contributed by atoms with E-state index in [1.54, 1.807) is 6.07 Å². The van der Waals surface area contributed by atoms with Crippen LogP contribution < -0.4 is 10.4 Å². The van der Waals surface area contributed by atoms with Gasteiger partial charge in [-0.25, -0.2) is 18.6 Å². The minimum Gasteiger partial charge on any atom is -0.493 e. The SMILES string of the molecule is Cc1cc(=O)oc2cc(OCCCCOC(Cn3cncn3)c3ccc(F)cc3F)ccc12. The van der Waals surface area contributed by atoms with Crippen LogP contribution in [0.15, 0.2) is 64.3 Å². The molecule has 4 rings (SSSR count). The third-order valence-corrected chi connectivity index (χ3v) is 5.18. The Labute approximate surface area is 188 Å². The van der Waals surface area contributed by atoms with Gasteiger partial charge in [0.25, 0.3) is 0 Å². The van der Waals surface area contributed by atoms with Crippen LogP contribution in [0.1, 0.15) is 30.1 Å². The maximum atomic E-state index is 14.3. The molecule has 0 N–H and O–H groups in total. The summed E-state index contributed by atoms with van der Waals surface area (Å²) in [6.07, 6.45) is 3.61. The molecule has 0 aliphatic heterocycles. The zero-order valence-electron chi connectivity index (χ0n) is 18.0. The van der Waals surface area contributed by atoms with E-state index in [9.17, 15) is 13.6 Å². The molecule has 0 saturated heterocycles. The van der Waals surface area contributed by atoms with Crippen LogP contribution in [0.2, 0.25) is 0 Å². The highest BCUT2D eigenvalue weighted by molar-refractivity contribution is 5.81. The summed E-state index contributed by atoms with van der Waals surface area (Å²) in [5.74, 6) is -0.702. The quantitative estimate of drug-likeness (QED) is 0.257. The Balaban J connectivity index is 1.30. The molecule has 0 aliphatic rings. The van der Waals surface area contributed by atoms with Gasteiger partial charge in [-0.05, 0) is 43.5 Å². The van der Waals surface area contributed by atoms with E-state index in [0.717, 1.165) is 17.0 Å². The summed E-state index contributed by atoms with van der Waals surface area (Å²) in [5, 5.41) is 4.90. The Kier molecular flexibility index (Phi) is 7.09. The van der Waals surface area contributed by atoms with Crippen LogP contribution in [0.4, 0.5) is 8.78 Å². The van der Waals surface area contributed by atoms with Crippen LogP contribution in [0.5, 0.6) is 5.75 Å². The molecule has 0 amide bonds. The normalized spacial score (nSPS) is 12.2. The number of ether oxygens (including phenoxy) is 2. The third-order valence-electron chi connectivity index (χ3n) is 5.18. The van der Waals surface area contributed by atoms with Gasteiger partial charge in [0.05, 0.1) is 13.2 Å². The van der Waals surface area contributed by atoms with Crippen LogP contribution >= 0.6 is 0 Å². The number of hydrogen-bond acceptors (Lipinski definition) is 6. The van der Waals surface area contributed by atoms with E-state index in [1.807, 2.05) is 19.1 Å². The maximum Gasteiger partial charge on any atom is 0.336 e. The van der Waals surface area contributed by atoms with Crippen LogP contribution in [-0.2, 0) is 11.3 Å². The fourth-order valence-electron chi connectivity index (χ4n) is 3.52. The lowest BCUT2D eigenvalue weighted by atomic mass is 10.1. The Morgan fingerprint density at radius 1 is 1.09 bits per heavy atom. The van der Waals surface area contributed by atoms with Crippen LogP contribution in [0, 0.1) is 18.6 Å². The van der Waals surface area contributed by atoms with Gasteiger partial charge in [-0.1, -0.05) is 6.07 Å². The molecule has 0 spiro atoms. The van der Waals surface area contributed by atoms with Crippen molar-refractivity contribution < 1.29 is 22.7 Å². The maximum absolute atomic E-state index is 14.3. The number of unbranched alkanes of at least 4 members (excludes halogenated alkanes) is 1. The van der Waals surface area contributed by atoms with E-state index in [4.69, 9.17) is 13.9 Å². The fraction of sp³-hybridized carbons (Fsp3) is 0.292. The van der Waals surface area contributed by atoms with Crippen molar-refractivity contribution in [2.45, 2.75) is 32.4 Å². The minimum atomic E-state index is -0.665. The topological polar surface area (TPSA) is 79.4 Å². The predicted octanol–water partition coefficient (Wildman–Crippen LogP) is 4.59. The highest BCUT2D eigenvalue weighted by Gasteiger charge is 2.18. The number of rotatable bonds is 10. The summed E-state index contributed by atoms with van der Waals surface area (Å²) in [4.78, 5) is 15.5. The number of hydrogen-bond donors (Lipinski definition) is 0. The second-order valence-electron chi connectivity index (χ2n) is 7.60. The van der Waals surface area contributed by atoms with Gasteiger partial charge in [0.15, 0.2) is 0 Å². The van der Waals surface area contributed by atoms with Gasteiger partial charge in [0, 0.05) is 35.8 Å². The van der Waals surface area contributed by atoms with E-state index in [0.29, 0.717) is 37.4 Å². The minimum absolute atomic E-state index is 0.251. The van der Waals surface area contributed by atoms with Crippen LogP contribution in [0.25, 0.3) is 11.0 Å². The van der Waals surface area contributed by atoms with Crippen molar-refractivity contribution in [2.24, 2.45) is 0 Å². The monoisotopic (exact) mass is 455 g/mol. The molecule has 0 aliphatic carbocycles. The summed E-state index contributed by atoms with van der Waals surface area (Å²) in [6, 6.07) is 10.3. The van der Waals surface area contributed by atoms with Gasteiger partial charge in [-0.3, -0.25) is 4.68 Å². The summed E-state index contributed by atoms with van der Waals surface area (Å²) >= 11 is 0. The molecule has 2 aromatic heterocycles. The molecule has 0 radical (unpaired) electrons. The van der Waals surface area contributed by atoms with E-state index in [1.165, 1.54) is 35.5 Å². The van der Waals surface area contributed by atoms with Crippen molar-refractivity contribution in [1.82, 2.24) is 14.8 Å². The molecule has 2 heterocycles. The highest BCUT2D eigenvalue weighted by atomic mass is 19.1. The molecule has 7 nitrogen and oxygen atoms in total. The van der Waals surface area contributed by atoms with Crippen LogP contribution in [0.3, 0.4) is 0 Å². The molecule has 33 heavy (non-hydrogen) atoms. The molecule has 4 aromatic rings. The number of fused-ring (bicyclic) bond motifs is 1. The van der Waals surface area contributed by atoms with Gasteiger partial charge >= 0.3 is 5.63 Å². The Morgan fingerprint density at radius 3 is 2.73 bits per heavy atom. The summed E-state index contributed by atoms with van der Waals surface area (Å²) < 4.78 is 46.0. The summed E-state index contributed by atoms with van der Waals surface area (Å²) in [7, 11) is 0. The van der Waals surface area contributed by atoms with E-state index < -0.39 is 23.4 Å². The van der Waals surface area contributed by atoms with Gasteiger partial charge in [-0.15, -0.1) is 0 Å². The summed E-state index contributed by atoms with van der Waals surface area (Å²) in [5.41, 5.74) is 1.20. The highest BCUT2D eigenvalue weighted by Crippen LogP contribution is 2.24. The lowest BCUT2D eigenvalue weighted by molar-refractivity contribution is 0.0320. The molecular weight excluding hydrogens is 432 g/mol. The van der Waals surface area contributed by atoms with E-state index in [2.05, 4.69) is 10.1 Å². The average molecular weight is 455 g/mol. The first-order valence-electron chi connectivity index (χ1n) is 10.6. The standard InChI is InChI=1S/C24H23F2N3O4/c1-16-10-24(30)33-22-12-18(5-7-19(16)22)31-8-2-3-9-32-23(13-29-15-27-14-28-29)20-6-4-17(25)11-21(20)26/h4-7,10-12,14-15,23H,2-3,8-9,13H2,1H3. The van der Waals surface area contributed by atoms with Crippen molar-refractivity contribution in [1.29, 1.82) is 0 Å². The van der Waals surface area contributed by atoms with Crippen molar-refractivity contribution in [3.8, 4) is 5.75 Å². The number of nitrogens with zero attached hydrogens (tertiary/aromatic N) is 3. The number of halogens is 2. The van der Waals surface area contributed by atoms with Gasteiger partial charge in [0.2, 0.25) is 0 Å². The second kappa shape index (κ2) is 10.4. The largest absolute Gasteiger partial charge is 0.493 e. The number of aromatic nitrogens is 3. The van der Waals surface area contributed by atoms with E-state index in [-0.39, 0.29) is 12.1 Å². The van der Waals surface area contributed by atoms with Crippen molar-refractivity contribution in [3.05, 3.63) is 88.3 Å². The van der Waals surface area contributed by atoms with Crippen molar-refractivity contribution in [3.63, 3.8) is 0 Å². The van der Waals surface area contributed by atoms with Gasteiger partial charge < -0.3 is 13.9 Å². The fourth-order valence-corrected chi connectivity index (χ4v) is 3.52. The average Bonchev–Trinajstić information content (AvgIpc) is 3.28. The van der Waals surface area contributed by atoms with Gasteiger partial charge in [-0.2, -0.15) is 5.10 Å². The lowest BCUT2D eigenvalue weighted by Gasteiger charge is -2.19. The van der Waals surface area contributed by atoms with E-state index >= 15 is 0 Å². The molecule has 2 aromatic carbocycles. The van der Waals surface area contributed by atoms with Crippen molar-refractivity contribution in [2.75, 3.05) is 13.2 Å². The number of aryl methyl sites for hydroxylation is 1. The second-order valence-corrected chi connectivity index (χ2v) is 7.60. The molecule has 9 heteroatoms. The van der Waals surface area contributed by atoms with Crippen LogP contribution in [-0.4, -0.2) is 28.0 Å². The van der Waals surface area contributed by atoms with Gasteiger partial charge in [0.1, 0.15) is 41.7 Å². The molecule has 1 unspecified atom stereocenters. The Morgan fingerprint density at radius 2 is 1.94 bits per heavy atom. The third kappa shape index (κ3) is 5.81. The Bertz CT molecular complexity index is 1270. The molecular formula is C24H23F2N3O4. The molecule has 0 fully saturated rings. The first kappa shape index (κ1) is 22.6. The Hall–Kier alpha value is -3.59.